The lowest BCUT2D eigenvalue weighted by Gasteiger charge is -2.26. The van der Waals surface area contributed by atoms with E-state index in [4.69, 9.17) is 4.74 Å². The van der Waals surface area contributed by atoms with Crippen molar-refractivity contribution in [3.8, 4) is 0 Å². The topological polar surface area (TPSA) is 62.7 Å². The minimum absolute atomic E-state index is 0.0220. The van der Waals surface area contributed by atoms with Crippen molar-refractivity contribution in [3.63, 3.8) is 0 Å². The zero-order valence-electron chi connectivity index (χ0n) is 14.3. The molecule has 0 bridgehead atoms. The lowest BCUT2D eigenvalue weighted by molar-refractivity contribution is -0.130. The molecule has 0 saturated carbocycles. The number of benzene rings is 1. The fraction of sp³-hybridized carbons (Fsp3) is 0.400. The first-order chi connectivity index (χ1) is 12.6. The maximum Gasteiger partial charge on any atom is 0.227 e. The number of halogens is 1. The zero-order valence-corrected chi connectivity index (χ0v) is 14.3. The van der Waals surface area contributed by atoms with Crippen LogP contribution in [0.3, 0.4) is 0 Å². The summed E-state index contributed by atoms with van der Waals surface area (Å²) in [6.45, 7) is 1.04. The number of carbonyl (C=O) groups excluding carboxylic acids is 1. The Morgan fingerprint density at radius 3 is 3.04 bits per heavy atom. The number of aromatic nitrogens is 1. The van der Waals surface area contributed by atoms with Gasteiger partial charge in [-0.15, -0.1) is 0 Å². The molecule has 0 aliphatic carbocycles. The van der Waals surface area contributed by atoms with Gasteiger partial charge in [-0.2, -0.15) is 0 Å². The van der Waals surface area contributed by atoms with E-state index in [0.29, 0.717) is 19.6 Å². The first-order valence-electron chi connectivity index (χ1n) is 8.80. The minimum Gasteiger partial charge on any atom is -0.388 e. The lowest BCUT2D eigenvalue weighted by Crippen LogP contribution is -2.41. The van der Waals surface area contributed by atoms with Crippen molar-refractivity contribution in [1.29, 1.82) is 0 Å². The van der Waals surface area contributed by atoms with Gasteiger partial charge in [-0.05, 0) is 35.7 Å². The highest BCUT2D eigenvalue weighted by atomic mass is 19.1. The number of rotatable bonds is 3. The van der Waals surface area contributed by atoms with Crippen LogP contribution in [0.4, 0.5) is 4.39 Å². The van der Waals surface area contributed by atoms with Crippen LogP contribution in [0.2, 0.25) is 0 Å². The summed E-state index contributed by atoms with van der Waals surface area (Å²) in [7, 11) is 0. The summed E-state index contributed by atoms with van der Waals surface area (Å²) in [4.78, 5) is 18.3. The Hall–Kier alpha value is -2.31. The van der Waals surface area contributed by atoms with Gasteiger partial charge in [0.25, 0.3) is 0 Å². The summed E-state index contributed by atoms with van der Waals surface area (Å²) < 4.78 is 19.5. The molecule has 4 rings (SSSR count). The number of likely N-dealkylation sites (tertiary alicyclic amines) is 1. The van der Waals surface area contributed by atoms with E-state index in [1.807, 2.05) is 12.1 Å². The Morgan fingerprint density at radius 1 is 1.38 bits per heavy atom. The second-order valence-electron chi connectivity index (χ2n) is 7.16. The van der Waals surface area contributed by atoms with Crippen LogP contribution in [0.5, 0.6) is 0 Å². The SMILES string of the molecule is O=C(Cc1cccnc1)N1C[C@@H](O)[C@@]2(C[C@H](c3cccc(F)c3)CO2)C1. The van der Waals surface area contributed by atoms with Gasteiger partial charge in [0.15, 0.2) is 0 Å². The maximum absolute atomic E-state index is 13.5. The Labute approximate surface area is 151 Å². The molecule has 26 heavy (non-hydrogen) atoms. The predicted molar refractivity (Wildman–Crippen MR) is 93.0 cm³/mol. The zero-order chi connectivity index (χ0) is 18.1. The van der Waals surface area contributed by atoms with Gasteiger partial charge in [-0.1, -0.05) is 18.2 Å². The van der Waals surface area contributed by atoms with Crippen molar-refractivity contribution in [2.75, 3.05) is 19.7 Å². The fourth-order valence-electron chi connectivity index (χ4n) is 3.97. The molecule has 2 aliphatic heterocycles. The lowest BCUT2D eigenvalue weighted by atomic mass is 9.87. The number of hydrogen-bond donors (Lipinski definition) is 1. The molecule has 5 nitrogen and oxygen atoms in total. The number of carbonyl (C=O) groups is 1. The van der Waals surface area contributed by atoms with E-state index in [0.717, 1.165) is 11.1 Å². The van der Waals surface area contributed by atoms with Crippen molar-refractivity contribution in [2.45, 2.75) is 30.5 Å². The van der Waals surface area contributed by atoms with Crippen LogP contribution in [0.25, 0.3) is 0 Å². The number of pyridine rings is 1. The molecule has 1 aromatic heterocycles. The average Bonchev–Trinajstić information content (AvgIpc) is 3.21. The maximum atomic E-state index is 13.5. The van der Waals surface area contributed by atoms with Gasteiger partial charge < -0.3 is 14.7 Å². The third-order valence-corrected chi connectivity index (χ3v) is 5.37. The van der Waals surface area contributed by atoms with E-state index >= 15 is 0 Å². The summed E-state index contributed by atoms with van der Waals surface area (Å²) in [5.74, 6) is -0.302. The molecule has 136 valence electrons. The molecule has 0 radical (unpaired) electrons. The Morgan fingerprint density at radius 2 is 2.27 bits per heavy atom. The van der Waals surface area contributed by atoms with Crippen molar-refractivity contribution in [1.82, 2.24) is 9.88 Å². The number of hydrogen-bond acceptors (Lipinski definition) is 4. The first-order valence-corrected chi connectivity index (χ1v) is 8.80. The van der Waals surface area contributed by atoms with Crippen LogP contribution in [0.1, 0.15) is 23.5 Å². The summed E-state index contributed by atoms with van der Waals surface area (Å²) in [6.07, 6.45) is 3.44. The van der Waals surface area contributed by atoms with E-state index in [2.05, 4.69) is 4.98 Å². The average molecular weight is 356 g/mol. The molecular formula is C20H21FN2O3. The molecule has 2 aromatic rings. The Kier molecular flexibility index (Phi) is 4.46. The van der Waals surface area contributed by atoms with Crippen molar-refractivity contribution in [2.24, 2.45) is 0 Å². The molecule has 6 heteroatoms. The van der Waals surface area contributed by atoms with E-state index < -0.39 is 11.7 Å². The minimum atomic E-state index is -0.762. The number of nitrogens with zero attached hydrogens (tertiary/aromatic N) is 2. The van der Waals surface area contributed by atoms with E-state index in [1.165, 1.54) is 12.1 Å². The number of aliphatic hydroxyl groups excluding tert-OH is 1. The standard InChI is InChI=1S/C20H21FN2O3/c21-17-5-1-4-15(8-17)16-9-20(26-12-16)13-23(11-18(20)24)19(25)7-14-3-2-6-22-10-14/h1-6,8,10,16,18,24H,7,9,11-13H2/t16-,18+,20+/m0/s1. The third-order valence-electron chi connectivity index (χ3n) is 5.37. The van der Waals surface area contributed by atoms with Gasteiger partial charge in [-0.25, -0.2) is 4.39 Å². The summed E-state index contributed by atoms with van der Waals surface area (Å²) >= 11 is 0. The monoisotopic (exact) mass is 356 g/mol. The second kappa shape index (κ2) is 6.78. The van der Waals surface area contributed by atoms with E-state index in [-0.39, 0.29) is 30.6 Å². The molecule has 1 N–H and O–H groups in total. The van der Waals surface area contributed by atoms with E-state index in [9.17, 15) is 14.3 Å². The van der Waals surface area contributed by atoms with Crippen LogP contribution in [0, 0.1) is 5.82 Å². The Balaban J connectivity index is 1.44. The summed E-state index contributed by atoms with van der Waals surface area (Å²) in [6, 6.07) is 10.1. The van der Waals surface area contributed by atoms with Crippen LogP contribution < -0.4 is 0 Å². The van der Waals surface area contributed by atoms with Gasteiger partial charge in [0.05, 0.1) is 19.6 Å². The van der Waals surface area contributed by atoms with Crippen molar-refractivity contribution in [3.05, 3.63) is 65.7 Å². The molecule has 1 aromatic carbocycles. The largest absolute Gasteiger partial charge is 0.388 e. The first kappa shape index (κ1) is 17.1. The van der Waals surface area contributed by atoms with Gasteiger partial charge in [0.1, 0.15) is 17.5 Å². The van der Waals surface area contributed by atoms with Crippen LogP contribution in [-0.4, -0.2) is 52.3 Å². The molecular weight excluding hydrogens is 335 g/mol. The number of β-amino-alcohol motifs (C(OH)–C–C–N with tert-alkyl or cyclic N) is 1. The quantitative estimate of drug-likeness (QED) is 0.913. The highest BCUT2D eigenvalue weighted by Crippen LogP contribution is 2.42. The normalized spacial score (nSPS) is 28.0. The van der Waals surface area contributed by atoms with Crippen LogP contribution in [-0.2, 0) is 16.0 Å². The van der Waals surface area contributed by atoms with Gasteiger partial charge in [0, 0.05) is 24.9 Å². The van der Waals surface area contributed by atoms with Crippen LogP contribution in [0.15, 0.2) is 48.8 Å². The predicted octanol–water partition coefficient (Wildman–Crippen LogP) is 1.91. The highest BCUT2D eigenvalue weighted by Gasteiger charge is 2.53. The number of aliphatic hydroxyl groups is 1. The van der Waals surface area contributed by atoms with Gasteiger partial charge in [-0.3, -0.25) is 9.78 Å². The Bertz CT molecular complexity index is 801. The molecule has 1 amide bonds. The van der Waals surface area contributed by atoms with Crippen molar-refractivity contribution >= 4 is 5.91 Å². The van der Waals surface area contributed by atoms with Crippen molar-refractivity contribution < 1.29 is 19.0 Å². The molecule has 1 spiro atoms. The molecule has 3 atom stereocenters. The molecule has 3 heterocycles. The molecule has 2 saturated heterocycles. The molecule has 0 unspecified atom stereocenters. The summed E-state index contributed by atoms with van der Waals surface area (Å²) in [5, 5.41) is 10.6. The second-order valence-corrected chi connectivity index (χ2v) is 7.16. The third kappa shape index (κ3) is 3.22. The number of amides is 1. The van der Waals surface area contributed by atoms with Crippen LogP contribution >= 0.6 is 0 Å². The molecule has 2 aliphatic rings. The fourth-order valence-corrected chi connectivity index (χ4v) is 3.97. The highest BCUT2D eigenvalue weighted by molar-refractivity contribution is 5.79. The molecule has 2 fully saturated rings. The smallest absolute Gasteiger partial charge is 0.227 e. The summed E-state index contributed by atoms with van der Waals surface area (Å²) in [5.41, 5.74) is 0.953. The number of ether oxygens (including phenoxy) is 1. The van der Waals surface area contributed by atoms with Gasteiger partial charge in [0.2, 0.25) is 5.91 Å². The van der Waals surface area contributed by atoms with E-state index in [1.54, 1.807) is 29.4 Å². The van der Waals surface area contributed by atoms with Gasteiger partial charge >= 0.3 is 0 Å².